The van der Waals surface area contributed by atoms with Gasteiger partial charge in [0.15, 0.2) is 11.5 Å². The first-order valence-corrected chi connectivity index (χ1v) is 7.34. The van der Waals surface area contributed by atoms with Gasteiger partial charge >= 0.3 is 0 Å². The molecule has 4 rings (SSSR count). The lowest BCUT2D eigenvalue weighted by molar-refractivity contribution is 0.474. The molecule has 116 valence electrons. The number of aromatic hydroxyl groups is 1. The highest BCUT2D eigenvalue weighted by atomic mass is 19.1. The molecule has 5 nitrogen and oxygen atoms in total. The summed E-state index contributed by atoms with van der Waals surface area (Å²) in [5.41, 5.74) is 6.56. The first kappa shape index (κ1) is 13.8. The predicted octanol–water partition coefficient (Wildman–Crippen LogP) is 1.82. The molecule has 0 saturated heterocycles. The van der Waals surface area contributed by atoms with Crippen LogP contribution in [0.4, 0.5) is 4.39 Å². The number of rotatable bonds is 2. The molecule has 1 unspecified atom stereocenters. The van der Waals surface area contributed by atoms with Crippen molar-refractivity contribution in [2.75, 3.05) is 13.1 Å². The highest BCUT2D eigenvalue weighted by Crippen LogP contribution is 2.42. The zero-order valence-electron chi connectivity index (χ0n) is 12.3. The van der Waals surface area contributed by atoms with Crippen LogP contribution in [0.15, 0.2) is 58.5 Å². The molecule has 0 spiro atoms. The Morgan fingerprint density at radius 1 is 1.13 bits per heavy atom. The lowest BCUT2D eigenvalue weighted by Gasteiger charge is -2.28. The molecular formula is C17H15FN4O. The minimum atomic E-state index is -0.976. The number of phenolic OH excluding ortho intramolecular Hbond substituents is 1. The molecule has 2 aromatic carbocycles. The molecule has 0 amide bonds. The summed E-state index contributed by atoms with van der Waals surface area (Å²) in [6, 6.07) is 13.0. The smallest absolute Gasteiger partial charge is 0.198 e. The van der Waals surface area contributed by atoms with Crippen LogP contribution in [0.5, 0.6) is 5.75 Å². The van der Waals surface area contributed by atoms with E-state index in [1.165, 1.54) is 12.1 Å². The van der Waals surface area contributed by atoms with E-state index in [0.717, 1.165) is 5.56 Å². The van der Waals surface area contributed by atoms with E-state index in [9.17, 15) is 9.50 Å². The van der Waals surface area contributed by atoms with Crippen LogP contribution in [0.2, 0.25) is 0 Å². The van der Waals surface area contributed by atoms with Gasteiger partial charge in [0.2, 0.25) is 0 Å². The second-order valence-electron chi connectivity index (χ2n) is 5.59. The van der Waals surface area contributed by atoms with Crippen LogP contribution in [0.3, 0.4) is 0 Å². The van der Waals surface area contributed by atoms with Gasteiger partial charge in [0.05, 0.1) is 6.54 Å². The molecule has 23 heavy (non-hydrogen) atoms. The molecule has 0 fully saturated rings. The zero-order chi connectivity index (χ0) is 16.0. The highest BCUT2D eigenvalue weighted by Gasteiger charge is 2.49. The maximum Gasteiger partial charge on any atom is 0.198 e. The Bertz CT molecular complexity index is 831. The summed E-state index contributed by atoms with van der Waals surface area (Å²) in [5.74, 6) is 0.889. The number of halogens is 1. The zero-order valence-corrected chi connectivity index (χ0v) is 12.3. The van der Waals surface area contributed by atoms with E-state index < -0.39 is 5.54 Å². The molecule has 0 bridgehead atoms. The van der Waals surface area contributed by atoms with Gasteiger partial charge in [0, 0.05) is 6.54 Å². The number of nitrogens with two attached hydrogens (primary N) is 1. The average molecular weight is 310 g/mol. The van der Waals surface area contributed by atoms with E-state index in [4.69, 9.17) is 5.73 Å². The maximum absolute atomic E-state index is 13.8. The Morgan fingerprint density at radius 2 is 1.91 bits per heavy atom. The molecule has 0 aliphatic carbocycles. The Balaban J connectivity index is 2.00. The van der Waals surface area contributed by atoms with Crippen molar-refractivity contribution in [1.29, 1.82) is 0 Å². The maximum atomic E-state index is 13.8. The second kappa shape index (κ2) is 4.81. The van der Waals surface area contributed by atoms with Crippen LogP contribution in [0.25, 0.3) is 0 Å². The summed E-state index contributed by atoms with van der Waals surface area (Å²) in [6.07, 6.45) is 0. The third kappa shape index (κ3) is 1.91. The number of amidine groups is 1. The fraction of sp³-hybridized carbons (Fsp3) is 0.176. The van der Waals surface area contributed by atoms with Gasteiger partial charge in [-0.1, -0.05) is 24.3 Å². The molecule has 6 heteroatoms. The summed E-state index contributed by atoms with van der Waals surface area (Å²) >= 11 is 0. The Kier molecular flexibility index (Phi) is 2.87. The van der Waals surface area contributed by atoms with E-state index >= 15 is 0 Å². The van der Waals surface area contributed by atoms with E-state index in [1.54, 1.807) is 30.3 Å². The van der Waals surface area contributed by atoms with Crippen molar-refractivity contribution in [1.82, 2.24) is 4.90 Å². The van der Waals surface area contributed by atoms with Gasteiger partial charge in [-0.3, -0.25) is 9.89 Å². The van der Waals surface area contributed by atoms with Crippen molar-refractivity contribution in [2.24, 2.45) is 15.7 Å². The van der Waals surface area contributed by atoms with E-state index in [1.807, 2.05) is 11.0 Å². The quantitative estimate of drug-likeness (QED) is 0.888. The van der Waals surface area contributed by atoms with E-state index in [0.29, 0.717) is 30.4 Å². The summed E-state index contributed by atoms with van der Waals surface area (Å²) in [4.78, 5) is 11.1. The van der Waals surface area contributed by atoms with Gasteiger partial charge in [-0.2, -0.15) is 0 Å². The highest BCUT2D eigenvalue weighted by molar-refractivity contribution is 6.12. The summed E-state index contributed by atoms with van der Waals surface area (Å²) in [5, 5.41) is 9.58. The molecule has 3 N–H and O–H groups in total. The molecule has 0 radical (unpaired) electrons. The summed E-state index contributed by atoms with van der Waals surface area (Å²) < 4.78 is 13.8. The standard InChI is InChI=1S/C17H15FN4O/c18-13-3-1-2-12(10-13)17(11-4-6-14(23)7-5-11)15-20-8-9-22(15)16(19)21-17/h1-7,10,23H,8-9H2,(H2,19,21). The van der Waals surface area contributed by atoms with Gasteiger partial charge in [0.1, 0.15) is 17.4 Å². The fourth-order valence-corrected chi connectivity index (χ4v) is 3.23. The lowest BCUT2D eigenvalue weighted by Crippen LogP contribution is -2.41. The van der Waals surface area contributed by atoms with Gasteiger partial charge in [-0.15, -0.1) is 0 Å². The van der Waals surface area contributed by atoms with Crippen LogP contribution >= 0.6 is 0 Å². The molecule has 2 heterocycles. The van der Waals surface area contributed by atoms with E-state index in [-0.39, 0.29) is 11.6 Å². The van der Waals surface area contributed by atoms with Crippen molar-refractivity contribution in [3.05, 3.63) is 65.5 Å². The molecule has 1 atom stereocenters. The number of hydrogen-bond acceptors (Lipinski definition) is 5. The van der Waals surface area contributed by atoms with Crippen molar-refractivity contribution >= 4 is 11.8 Å². The molecule has 2 aliphatic rings. The SMILES string of the molecule is NC1=NC(c2ccc(O)cc2)(c2cccc(F)c2)C2=NCCN12. The minimum absolute atomic E-state index is 0.156. The number of benzene rings is 2. The Hall–Kier alpha value is -2.89. The number of phenols is 1. The second-order valence-corrected chi connectivity index (χ2v) is 5.59. The number of guanidine groups is 1. The molecule has 0 aromatic heterocycles. The van der Waals surface area contributed by atoms with Crippen LogP contribution in [0, 0.1) is 5.82 Å². The third-order valence-electron chi connectivity index (χ3n) is 4.25. The molecular weight excluding hydrogens is 295 g/mol. The largest absolute Gasteiger partial charge is 0.508 e. The summed E-state index contributed by atoms with van der Waals surface area (Å²) in [6.45, 7) is 1.29. The first-order chi connectivity index (χ1) is 11.1. The number of hydrogen-bond donors (Lipinski definition) is 2. The third-order valence-corrected chi connectivity index (χ3v) is 4.25. The van der Waals surface area contributed by atoms with Gasteiger partial charge in [-0.05, 0) is 35.4 Å². The minimum Gasteiger partial charge on any atom is -0.508 e. The van der Waals surface area contributed by atoms with Gasteiger partial charge < -0.3 is 10.8 Å². The fourth-order valence-electron chi connectivity index (χ4n) is 3.23. The van der Waals surface area contributed by atoms with Crippen molar-refractivity contribution < 1.29 is 9.50 Å². The van der Waals surface area contributed by atoms with Crippen LogP contribution in [-0.4, -0.2) is 34.9 Å². The van der Waals surface area contributed by atoms with Crippen LogP contribution in [-0.2, 0) is 5.54 Å². The van der Waals surface area contributed by atoms with Crippen LogP contribution < -0.4 is 5.73 Å². The van der Waals surface area contributed by atoms with Gasteiger partial charge in [-0.25, -0.2) is 9.38 Å². The topological polar surface area (TPSA) is 74.2 Å². The van der Waals surface area contributed by atoms with Crippen molar-refractivity contribution in [3.8, 4) is 5.75 Å². The molecule has 0 saturated carbocycles. The number of nitrogens with zero attached hydrogens (tertiary/aromatic N) is 3. The number of aliphatic imine (C=N–C) groups is 2. The molecule has 2 aromatic rings. The lowest BCUT2D eigenvalue weighted by atomic mass is 9.82. The normalized spacial score (nSPS) is 22.7. The Morgan fingerprint density at radius 3 is 2.65 bits per heavy atom. The Labute approximate surface area is 132 Å². The van der Waals surface area contributed by atoms with Crippen LogP contribution in [0.1, 0.15) is 11.1 Å². The average Bonchev–Trinajstić information content (AvgIpc) is 3.12. The van der Waals surface area contributed by atoms with E-state index in [2.05, 4.69) is 9.98 Å². The van der Waals surface area contributed by atoms with Crippen molar-refractivity contribution in [2.45, 2.75) is 5.54 Å². The monoisotopic (exact) mass is 310 g/mol. The van der Waals surface area contributed by atoms with Gasteiger partial charge in [0.25, 0.3) is 0 Å². The predicted molar refractivity (Wildman–Crippen MR) is 85.9 cm³/mol. The first-order valence-electron chi connectivity index (χ1n) is 7.34. The molecule has 2 aliphatic heterocycles. The number of fused-ring (bicyclic) bond motifs is 1. The summed E-state index contributed by atoms with van der Waals surface area (Å²) in [7, 11) is 0. The van der Waals surface area contributed by atoms with Crippen molar-refractivity contribution in [3.63, 3.8) is 0 Å².